The Morgan fingerprint density at radius 3 is 2.54 bits per heavy atom. The van der Waals surface area contributed by atoms with Crippen molar-refractivity contribution in [2.45, 2.75) is 89.1 Å². The van der Waals surface area contributed by atoms with Crippen LogP contribution in [0.4, 0.5) is 0 Å². The minimum Gasteiger partial charge on any atom is -0.481 e. The third-order valence-corrected chi connectivity index (χ3v) is 4.88. The summed E-state index contributed by atoms with van der Waals surface area (Å²) < 4.78 is 0. The van der Waals surface area contributed by atoms with Crippen LogP contribution in [-0.4, -0.2) is 56.7 Å². The Kier molecular flexibility index (Phi) is 10.5. The van der Waals surface area contributed by atoms with E-state index < -0.39 is 36.2 Å². The van der Waals surface area contributed by atoms with E-state index in [0.717, 1.165) is 19.3 Å². The molecule has 0 saturated heterocycles. The molecule has 1 saturated carbocycles. The second kappa shape index (κ2) is 12.0. The summed E-state index contributed by atoms with van der Waals surface area (Å²) in [5.74, 6) is -1.66. The predicted molar refractivity (Wildman–Crippen MR) is 97.4 cm³/mol. The van der Waals surface area contributed by atoms with E-state index in [1.54, 1.807) is 0 Å². The first-order chi connectivity index (χ1) is 12.4. The van der Waals surface area contributed by atoms with Crippen LogP contribution >= 0.6 is 0 Å². The van der Waals surface area contributed by atoms with Gasteiger partial charge in [-0.05, 0) is 25.7 Å². The number of aliphatic carboxylic acids is 1. The topological polar surface area (TPSA) is 127 Å². The first-order valence-corrected chi connectivity index (χ1v) is 9.58. The Morgan fingerprint density at radius 2 is 1.88 bits per heavy atom. The molecule has 0 aromatic rings. The van der Waals surface area contributed by atoms with E-state index in [0.29, 0.717) is 25.7 Å². The van der Waals surface area contributed by atoms with Crippen LogP contribution in [0.25, 0.3) is 0 Å². The van der Waals surface area contributed by atoms with Crippen molar-refractivity contribution in [2.24, 2.45) is 5.92 Å². The average Bonchev–Trinajstić information content (AvgIpc) is 2.84. The van der Waals surface area contributed by atoms with Crippen LogP contribution in [0.15, 0.2) is 12.2 Å². The number of carboxylic acid groups (broad SMARTS) is 1. The van der Waals surface area contributed by atoms with Crippen molar-refractivity contribution in [3.05, 3.63) is 12.2 Å². The molecule has 7 nitrogen and oxygen atoms in total. The van der Waals surface area contributed by atoms with Gasteiger partial charge in [0.15, 0.2) is 0 Å². The van der Waals surface area contributed by atoms with Crippen LogP contribution in [0.5, 0.6) is 0 Å². The Balaban J connectivity index is 2.49. The predicted octanol–water partition coefficient (Wildman–Crippen LogP) is 1.36. The summed E-state index contributed by atoms with van der Waals surface area (Å²) in [6.07, 6.45) is 6.10. The normalized spacial score (nSPS) is 26.9. The van der Waals surface area contributed by atoms with Gasteiger partial charge < -0.3 is 25.7 Å². The quantitative estimate of drug-likeness (QED) is 0.260. The zero-order valence-electron chi connectivity index (χ0n) is 15.5. The first-order valence-electron chi connectivity index (χ1n) is 9.58. The van der Waals surface area contributed by atoms with Crippen LogP contribution in [0.2, 0.25) is 0 Å². The molecule has 0 aromatic heterocycles. The van der Waals surface area contributed by atoms with Gasteiger partial charge in [0.25, 0.3) is 0 Å². The van der Waals surface area contributed by atoms with Gasteiger partial charge in [0.1, 0.15) is 6.10 Å². The average molecular weight is 371 g/mol. The smallest absolute Gasteiger partial charge is 0.303 e. The van der Waals surface area contributed by atoms with Crippen molar-refractivity contribution < 1.29 is 30.0 Å². The summed E-state index contributed by atoms with van der Waals surface area (Å²) in [5.41, 5.74) is 0. The van der Waals surface area contributed by atoms with E-state index in [9.17, 15) is 24.9 Å². The monoisotopic (exact) mass is 371 g/mol. The fourth-order valence-corrected chi connectivity index (χ4v) is 3.32. The maximum absolute atomic E-state index is 12.1. The van der Waals surface area contributed by atoms with E-state index in [1.165, 1.54) is 0 Å². The molecule has 1 aliphatic rings. The lowest BCUT2D eigenvalue weighted by atomic mass is 9.96. The maximum Gasteiger partial charge on any atom is 0.303 e. The number of amides is 1. The van der Waals surface area contributed by atoms with Crippen LogP contribution < -0.4 is 5.32 Å². The van der Waals surface area contributed by atoms with E-state index in [-0.39, 0.29) is 18.8 Å². The highest BCUT2D eigenvalue weighted by Gasteiger charge is 2.42. The molecule has 0 unspecified atom stereocenters. The summed E-state index contributed by atoms with van der Waals surface area (Å²) in [7, 11) is 0. The van der Waals surface area contributed by atoms with E-state index in [2.05, 4.69) is 5.32 Å². The highest BCUT2D eigenvalue weighted by molar-refractivity contribution is 5.80. The fraction of sp³-hybridized carbons (Fsp3) is 0.789. The van der Waals surface area contributed by atoms with Crippen molar-refractivity contribution in [1.82, 2.24) is 5.32 Å². The highest BCUT2D eigenvalue weighted by atomic mass is 16.4. The molecule has 1 aliphatic carbocycles. The number of unbranched alkanes of at least 4 members (excludes halogenated alkanes) is 3. The molecular weight excluding hydrogens is 338 g/mol. The van der Waals surface area contributed by atoms with Crippen molar-refractivity contribution in [3.63, 3.8) is 0 Å². The van der Waals surface area contributed by atoms with E-state index >= 15 is 0 Å². The summed E-state index contributed by atoms with van der Waals surface area (Å²) in [5, 5.41) is 41.5. The lowest BCUT2D eigenvalue weighted by molar-refractivity contribution is -0.137. The Hall–Kier alpha value is -1.44. The van der Waals surface area contributed by atoms with Gasteiger partial charge >= 0.3 is 5.97 Å². The van der Waals surface area contributed by atoms with Crippen molar-refractivity contribution in [2.75, 3.05) is 0 Å². The molecule has 1 fully saturated rings. The number of allylic oxidation sites excluding steroid dienone is 2. The number of carbonyl (C=O) groups is 2. The van der Waals surface area contributed by atoms with Crippen molar-refractivity contribution >= 4 is 11.9 Å². The fourth-order valence-electron chi connectivity index (χ4n) is 3.32. The van der Waals surface area contributed by atoms with E-state index in [1.807, 2.05) is 19.1 Å². The third-order valence-electron chi connectivity index (χ3n) is 4.88. The van der Waals surface area contributed by atoms with Gasteiger partial charge in [0, 0.05) is 18.8 Å². The van der Waals surface area contributed by atoms with Gasteiger partial charge in [-0.25, -0.2) is 0 Å². The van der Waals surface area contributed by atoms with Gasteiger partial charge in [0.05, 0.1) is 18.2 Å². The molecule has 150 valence electrons. The Labute approximate surface area is 155 Å². The van der Waals surface area contributed by atoms with Crippen molar-refractivity contribution in [3.8, 4) is 0 Å². The first kappa shape index (κ1) is 22.6. The van der Waals surface area contributed by atoms with Gasteiger partial charge in [-0.2, -0.15) is 0 Å². The van der Waals surface area contributed by atoms with Crippen molar-refractivity contribution in [1.29, 1.82) is 0 Å². The SMILES string of the molecule is CCCCC[C@@H](O)C(=O)N[C@@H]1[C@@H](C/C=C\CCCC(=O)O)[C@@H](O)C[C@H]1O. The molecule has 1 amide bonds. The number of nitrogens with one attached hydrogen (secondary N) is 1. The summed E-state index contributed by atoms with van der Waals surface area (Å²) in [4.78, 5) is 22.6. The summed E-state index contributed by atoms with van der Waals surface area (Å²) in [6, 6.07) is -0.595. The minimum atomic E-state index is -1.10. The standard InChI is InChI=1S/C19H33NO6/c1-2-3-6-10-14(21)19(26)20-18-13(15(22)12-16(18)23)9-7-4-5-8-11-17(24)25/h4,7,13-16,18,21-23H,2-3,5-6,8-12H2,1H3,(H,20,26)(H,24,25)/b7-4-/t13-,14+,15-,16+,18+/m0/s1. The lowest BCUT2D eigenvalue weighted by Crippen LogP contribution is -2.48. The maximum atomic E-state index is 12.1. The second-order valence-electron chi connectivity index (χ2n) is 7.07. The molecule has 5 N–H and O–H groups in total. The Bertz CT molecular complexity index is 467. The Morgan fingerprint density at radius 1 is 1.15 bits per heavy atom. The minimum absolute atomic E-state index is 0.115. The molecular formula is C19H33NO6. The summed E-state index contributed by atoms with van der Waals surface area (Å²) >= 11 is 0. The van der Waals surface area contributed by atoms with Crippen LogP contribution in [-0.2, 0) is 9.59 Å². The second-order valence-corrected chi connectivity index (χ2v) is 7.07. The van der Waals surface area contributed by atoms with E-state index in [4.69, 9.17) is 5.11 Å². The highest BCUT2D eigenvalue weighted by Crippen LogP contribution is 2.30. The number of carbonyl (C=O) groups excluding carboxylic acids is 1. The number of hydrogen-bond donors (Lipinski definition) is 5. The number of rotatable bonds is 12. The van der Waals surface area contributed by atoms with Gasteiger partial charge in [-0.15, -0.1) is 0 Å². The molecule has 5 atom stereocenters. The zero-order chi connectivity index (χ0) is 19.5. The molecule has 26 heavy (non-hydrogen) atoms. The number of aliphatic hydroxyl groups is 3. The molecule has 0 radical (unpaired) electrons. The lowest BCUT2D eigenvalue weighted by Gasteiger charge is -2.25. The number of hydrogen-bond acceptors (Lipinski definition) is 5. The van der Waals surface area contributed by atoms with Gasteiger partial charge in [-0.3, -0.25) is 9.59 Å². The van der Waals surface area contributed by atoms with Gasteiger partial charge in [0.2, 0.25) is 5.91 Å². The van der Waals surface area contributed by atoms with Crippen LogP contribution in [0, 0.1) is 5.92 Å². The third kappa shape index (κ3) is 7.85. The largest absolute Gasteiger partial charge is 0.481 e. The van der Waals surface area contributed by atoms with Gasteiger partial charge in [-0.1, -0.05) is 38.3 Å². The van der Waals surface area contributed by atoms with Crippen LogP contribution in [0.3, 0.4) is 0 Å². The molecule has 0 aromatic carbocycles. The summed E-state index contributed by atoms with van der Waals surface area (Å²) in [6.45, 7) is 2.04. The molecule has 0 aliphatic heterocycles. The number of carboxylic acids is 1. The molecule has 0 bridgehead atoms. The molecule has 1 rings (SSSR count). The van der Waals surface area contributed by atoms with Crippen LogP contribution in [0.1, 0.15) is 64.7 Å². The number of aliphatic hydroxyl groups excluding tert-OH is 3. The molecule has 0 heterocycles. The molecule has 0 spiro atoms. The molecule has 7 heteroatoms. The zero-order valence-corrected chi connectivity index (χ0v) is 15.5.